The maximum atomic E-state index is 13.7. The lowest BCUT2D eigenvalue weighted by atomic mass is 9.99. The molecule has 1 atom stereocenters. The molecule has 6 heteroatoms. The number of fused-ring (bicyclic) bond motifs is 1. The van der Waals surface area contributed by atoms with Crippen LogP contribution in [0.15, 0.2) is 60.0 Å². The molecule has 0 fully saturated rings. The smallest absolute Gasteiger partial charge is 0.123 e. The van der Waals surface area contributed by atoms with Gasteiger partial charge in [0, 0.05) is 17.0 Å². The first-order valence-electron chi connectivity index (χ1n) is 8.66. The maximum Gasteiger partial charge on any atom is 0.123 e. The van der Waals surface area contributed by atoms with Crippen LogP contribution in [0.3, 0.4) is 0 Å². The number of phenolic OH excluding ortho intramolecular Hbond substituents is 1. The average Bonchev–Trinajstić information content (AvgIpc) is 3.16. The largest absolute Gasteiger partial charge is 0.508 e. The molecule has 1 aliphatic rings. The van der Waals surface area contributed by atoms with Crippen molar-refractivity contribution in [2.75, 3.05) is 13.2 Å². The van der Waals surface area contributed by atoms with Crippen molar-refractivity contribution in [3.05, 3.63) is 81.8 Å². The van der Waals surface area contributed by atoms with E-state index in [0.29, 0.717) is 22.9 Å². The van der Waals surface area contributed by atoms with Crippen LogP contribution in [0.5, 0.6) is 11.5 Å². The summed E-state index contributed by atoms with van der Waals surface area (Å²) in [4.78, 5) is 4.10. The highest BCUT2D eigenvalue weighted by atomic mass is 32.1. The monoisotopic (exact) mass is 399 g/mol. The number of benzene rings is 2. The van der Waals surface area contributed by atoms with E-state index in [4.69, 9.17) is 17.0 Å². The molecule has 1 unspecified atom stereocenters. The Morgan fingerprint density at radius 3 is 2.81 bits per heavy atom. The molecule has 0 saturated heterocycles. The van der Waals surface area contributed by atoms with Gasteiger partial charge in [-0.15, -0.1) is 11.3 Å². The average molecular weight is 400 g/mol. The standard InChI is InChI=1S/C21H18FNO2S2/c22-15-3-1-2-14(12-15)21(26)23-10-8-20-18(9-11-27-20)19(23)13-25-17-6-4-16(24)5-7-17/h1-7,9,11-12,19,24H,8,10,13H2. The number of thiocarbonyl (C=S) groups is 1. The summed E-state index contributed by atoms with van der Waals surface area (Å²) in [5.41, 5.74) is 1.92. The molecule has 0 saturated carbocycles. The fourth-order valence-electron chi connectivity index (χ4n) is 3.32. The van der Waals surface area contributed by atoms with Gasteiger partial charge in [-0.25, -0.2) is 4.39 Å². The first-order chi connectivity index (χ1) is 13.1. The summed E-state index contributed by atoms with van der Waals surface area (Å²) in [7, 11) is 0. The summed E-state index contributed by atoms with van der Waals surface area (Å²) in [6.45, 7) is 1.19. The number of hydrogen-bond acceptors (Lipinski definition) is 4. The summed E-state index contributed by atoms with van der Waals surface area (Å²) in [6.07, 6.45) is 0.915. The van der Waals surface area contributed by atoms with Gasteiger partial charge in [-0.05, 0) is 59.8 Å². The molecule has 2 aromatic carbocycles. The highest BCUT2D eigenvalue weighted by molar-refractivity contribution is 7.80. The molecule has 0 radical (unpaired) electrons. The number of phenols is 1. The van der Waals surface area contributed by atoms with Crippen LogP contribution in [0.2, 0.25) is 0 Å². The number of halogens is 1. The van der Waals surface area contributed by atoms with E-state index in [1.54, 1.807) is 41.7 Å². The Morgan fingerprint density at radius 2 is 2.04 bits per heavy atom. The minimum Gasteiger partial charge on any atom is -0.508 e. The molecule has 1 aliphatic heterocycles. The van der Waals surface area contributed by atoms with Crippen LogP contribution in [0.1, 0.15) is 22.0 Å². The van der Waals surface area contributed by atoms with E-state index in [2.05, 4.69) is 16.3 Å². The van der Waals surface area contributed by atoms with Gasteiger partial charge in [0.2, 0.25) is 0 Å². The van der Waals surface area contributed by atoms with Crippen LogP contribution in [0, 0.1) is 5.82 Å². The summed E-state index contributed by atoms with van der Waals surface area (Å²) >= 11 is 7.45. The molecule has 2 heterocycles. The van der Waals surface area contributed by atoms with Crippen LogP contribution in [-0.2, 0) is 6.42 Å². The van der Waals surface area contributed by atoms with E-state index in [0.717, 1.165) is 13.0 Å². The molecular weight excluding hydrogens is 381 g/mol. The van der Waals surface area contributed by atoms with Crippen molar-refractivity contribution in [3.8, 4) is 11.5 Å². The first kappa shape index (κ1) is 17.9. The molecule has 3 nitrogen and oxygen atoms in total. The van der Waals surface area contributed by atoms with Crippen molar-refractivity contribution >= 4 is 28.5 Å². The van der Waals surface area contributed by atoms with E-state index >= 15 is 0 Å². The number of nitrogens with zero attached hydrogens (tertiary/aromatic N) is 1. The van der Waals surface area contributed by atoms with Crippen LogP contribution in [-0.4, -0.2) is 28.1 Å². The second-order valence-corrected chi connectivity index (χ2v) is 7.77. The second kappa shape index (κ2) is 7.66. The van der Waals surface area contributed by atoms with Crippen LogP contribution in [0.4, 0.5) is 4.39 Å². The lowest BCUT2D eigenvalue weighted by Gasteiger charge is -2.37. The predicted octanol–water partition coefficient (Wildman–Crippen LogP) is 4.95. The molecular formula is C21H18FNO2S2. The number of rotatable bonds is 4. The van der Waals surface area contributed by atoms with Gasteiger partial charge in [-0.1, -0.05) is 24.4 Å². The van der Waals surface area contributed by atoms with Gasteiger partial charge in [0.05, 0.1) is 6.04 Å². The molecule has 4 rings (SSSR count). The SMILES string of the molecule is Oc1ccc(OCC2c3ccsc3CCN2C(=S)c2cccc(F)c2)cc1. The first-order valence-corrected chi connectivity index (χ1v) is 9.95. The molecule has 0 aliphatic carbocycles. The Balaban J connectivity index is 1.59. The molecule has 1 N–H and O–H groups in total. The van der Waals surface area contributed by atoms with Crippen LogP contribution < -0.4 is 4.74 Å². The zero-order valence-electron chi connectivity index (χ0n) is 14.5. The molecule has 0 amide bonds. The number of aromatic hydroxyl groups is 1. The lowest BCUT2D eigenvalue weighted by molar-refractivity contribution is 0.192. The molecule has 0 spiro atoms. The van der Waals surface area contributed by atoms with Crippen molar-refractivity contribution in [2.45, 2.75) is 12.5 Å². The molecule has 138 valence electrons. The van der Waals surface area contributed by atoms with Crippen molar-refractivity contribution < 1.29 is 14.2 Å². The molecule has 0 bridgehead atoms. The maximum absolute atomic E-state index is 13.7. The Kier molecular flexibility index (Phi) is 5.09. The Hall–Kier alpha value is -2.44. The fourth-order valence-corrected chi connectivity index (χ4v) is 4.60. The normalized spacial score (nSPS) is 16.0. The Bertz CT molecular complexity index is 955. The second-order valence-electron chi connectivity index (χ2n) is 6.38. The lowest BCUT2D eigenvalue weighted by Crippen LogP contribution is -2.41. The third-order valence-corrected chi connectivity index (χ3v) is 6.14. The van der Waals surface area contributed by atoms with E-state index in [9.17, 15) is 9.50 Å². The van der Waals surface area contributed by atoms with Gasteiger partial charge < -0.3 is 14.7 Å². The van der Waals surface area contributed by atoms with Gasteiger partial charge in [-0.3, -0.25) is 0 Å². The van der Waals surface area contributed by atoms with Crippen molar-refractivity contribution in [3.63, 3.8) is 0 Å². The number of hydrogen-bond donors (Lipinski definition) is 1. The third kappa shape index (κ3) is 3.82. The quantitative estimate of drug-likeness (QED) is 0.630. The van der Waals surface area contributed by atoms with Gasteiger partial charge in [0.15, 0.2) is 0 Å². The van der Waals surface area contributed by atoms with E-state index in [1.165, 1.54) is 22.6 Å². The van der Waals surface area contributed by atoms with Gasteiger partial charge in [-0.2, -0.15) is 0 Å². The summed E-state index contributed by atoms with van der Waals surface area (Å²) < 4.78 is 19.6. The summed E-state index contributed by atoms with van der Waals surface area (Å²) in [5, 5.41) is 11.5. The zero-order valence-corrected chi connectivity index (χ0v) is 16.1. The molecule has 27 heavy (non-hydrogen) atoms. The van der Waals surface area contributed by atoms with Gasteiger partial charge in [0.1, 0.15) is 28.9 Å². The molecule has 3 aromatic rings. The Morgan fingerprint density at radius 1 is 1.22 bits per heavy atom. The predicted molar refractivity (Wildman–Crippen MR) is 109 cm³/mol. The third-order valence-electron chi connectivity index (χ3n) is 4.67. The minimum absolute atomic E-state index is 0.0374. The highest BCUT2D eigenvalue weighted by Gasteiger charge is 2.31. The summed E-state index contributed by atoms with van der Waals surface area (Å²) in [5.74, 6) is 0.598. The number of ether oxygens (including phenoxy) is 1. The zero-order chi connectivity index (χ0) is 18.8. The minimum atomic E-state index is -0.292. The van der Waals surface area contributed by atoms with Crippen molar-refractivity contribution in [1.82, 2.24) is 4.90 Å². The Labute approximate surface area is 166 Å². The van der Waals surface area contributed by atoms with E-state index in [1.807, 2.05) is 6.07 Å². The van der Waals surface area contributed by atoms with E-state index < -0.39 is 0 Å². The highest BCUT2D eigenvalue weighted by Crippen LogP contribution is 2.35. The van der Waals surface area contributed by atoms with Crippen molar-refractivity contribution in [1.29, 1.82) is 0 Å². The van der Waals surface area contributed by atoms with Crippen LogP contribution >= 0.6 is 23.6 Å². The summed E-state index contributed by atoms with van der Waals surface area (Å²) in [6, 6.07) is 15.2. The number of thiophene rings is 1. The molecule has 1 aromatic heterocycles. The van der Waals surface area contributed by atoms with Crippen LogP contribution in [0.25, 0.3) is 0 Å². The van der Waals surface area contributed by atoms with E-state index in [-0.39, 0.29) is 17.6 Å². The fraction of sp³-hybridized carbons (Fsp3) is 0.190. The topological polar surface area (TPSA) is 32.7 Å². The van der Waals surface area contributed by atoms with Gasteiger partial charge >= 0.3 is 0 Å². The van der Waals surface area contributed by atoms with Crippen molar-refractivity contribution in [2.24, 2.45) is 0 Å². The van der Waals surface area contributed by atoms with Gasteiger partial charge in [0.25, 0.3) is 0 Å².